The van der Waals surface area contributed by atoms with Gasteiger partial charge in [-0.3, -0.25) is 0 Å². The Labute approximate surface area is 123 Å². The molecule has 1 heteroatoms. The Morgan fingerprint density at radius 3 is 2.45 bits per heavy atom. The van der Waals surface area contributed by atoms with Gasteiger partial charge in [0, 0.05) is 12.0 Å². The molecule has 0 amide bonds. The summed E-state index contributed by atoms with van der Waals surface area (Å²) in [7, 11) is 0. The second kappa shape index (κ2) is 4.59. The summed E-state index contributed by atoms with van der Waals surface area (Å²) in [6, 6.07) is 4.79. The lowest BCUT2D eigenvalue weighted by atomic mass is 9.74. The molecule has 0 saturated carbocycles. The zero-order chi connectivity index (χ0) is 14.5. The summed E-state index contributed by atoms with van der Waals surface area (Å²) < 4.78 is 5.80. The predicted molar refractivity (Wildman–Crippen MR) is 84.7 cm³/mol. The maximum Gasteiger partial charge on any atom is 0.0564 e. The molecule has 1 aromatic rings. The minimum Gasteiger partial charge on any atom is -0.380 e. The molecule has 1 aliphatic carbocycles. The maximum absolute atomic E-state index is 5.80. The normalized spacial score (nSPS) is 25.7. The summed E-state index contributed by atoms with van der Waals surface area (Å²) >= 11 is 0. The summed E-state index contributed by atoms with van der Waals surface area (Å²) in [5.74, 6) is 0.605. The first-order valence-electron chi connectivity index (χ1n) is 8.10. The van der Waals surface area contributed by atoms with Crippen molar-refractivity contribution in [3.63, 3.8) is 0 Å². The molecule has 1 saturated heterocycles. The molecule has 1 atom stereocenters. The lowest BCUT2D eigenvalue weighted by Gasteiger charge is -2.30. The first-order chi connectivity index (χ1) is 9.35. The van der Waals surface area contributed by atoms with E-state index in [0.717, 1.165) is 13.2 Å². The maximum atomic E-state index is 5.80. The zero-order valence-electron chi connectivity index (χ0n) is 13.7. The van der Waals surface area contributed by atoms with Crippen LogP contribution in [-0.4, -0.2) is 13.2 Å². The van der Waals surface area contributed by atoms with E-state index >= 15 is 0 Å². The summed E-state index contributed by atoms with van der Waals surface area (Å²) in [6.07, 6.45) is 3.74. The van der Waals surface area contributed by atoms with Gasteiger partial charge in [0.15, 0.2) is 0 Å². The van der Waals surface area contributed by atoms with Gasteiger partial charge in [0.25, 0.3) is 0 Å². The topological polar surface area (TPSA) is 9.23 Å². The third-order valence-corrected chi connectivity index (χ3v) is 5.26. The third kappa shape index (κ3) is 2.02. The van der Waals surface area contributed by atoms with Crippen LogP contribution in [0, 0.1) is 0 Å². The van der Waals surface area contributed by atoms with Crippen molar-refractivity contribution in [1.82, 2.24) is 0 Å². The lowest BCUT2D eigenvalue weighted by Crippen LogP contribution is -2.25. The second-order valence-corrected chi connectivity index (χ2v) is 8.04. The van der Waals surface area contributed by atoms with Crippen LogP contribution in [0.5, 0.6) is 0 Å². The number of rotatable bonds is 1. The van der Waals surface area contributed by atoms with Crippen LogP contribution in [0.25, 0.3) is 0 Å². The van der Waals surface area contributed by atoms with E-state index < -0.39 is 0 Å². The fourth-order valence-electron chi connectivity index (χ4n) is 4.23. The van der Waals surface area contributed by atoms with E-state index in [9.17, 15) is 0 Å². The van der Waals surface area contributed by atoms with Crippen molar-refractivity contribution >= 4 is 0 Å². The average molecular weight is 272 g/mol. The Morgan fingerprint density at radius 2 is 1.90 bits per heavy atom. The SMILES string of the molecule is CC(C)c1ccc(C(C)(C)C)c2c1C1(CCOC1)CC2. The molecule has 1 heterocycles. The summed E-state index contributed by atoms with van der Waals surface area (Å²) in [5.41, 5.74) is 7.00. The molecule has 0 aromatic heterocycles. The van der Waals surface area contributed by atoms with E-state index in [4.69, 9.17) is 4.74 Å². The average Bonchev–Trinajstić information content (AvgIpc) is 2.97. The zero-order valence-corrected chi connectivity index (χ0v) is 13.7. The predicted octanol–water partition coefficient (Wildman–Crippen LogP) is 4.71. The molecule has 0 bridgehead atoms. The molecule has 0 N–H and O–H groups in total. The largest absolute Gasteiger partial charge is 0.380 e. The van der Waals surface area contributed by atoms with Crippen molar-refractivity contribution in [2.24, 2.45) is 0 Å². The minimum absolute atomic E-state index is 0.241. The molecule has 1 aliphatic heterocycles. The van der Waals surface area contributed by atoms with Gasteiger partial charge in [-0.1, -0.05) is 46.8 Å². The van der Waals surface area contributed by atoms with Gasteiger partial charge in [-0.2, -0.15) is 0 Å². The highest BCUT2D eigenvalue weighted by molar-refractivity contribution is 5.53. The van der Waals surface area contributed by atoms with E-state index in [1.807, 2.05) is 0 Å². The van der Waals surface area contributed by atoms with Crippen molar-refractivity contribution in [1.29, 1.82) is 0 Å². The highest BCUT2D eigenvalue weighted by atomic mass is 16.5. The summed E-state index contributed by atoms with van der Waals surface area (Å²) in [4.78, 5) is 0. The molecular formula is C19H28O. The first kappa shape index (κ1) is 14.1. The number of hydrogen-bond donors (Lipinski definition) is 0. The van der Waals surface area contributed by atoms with Crippen LogP contribution in [0.4, 0.5) is 0 Å². The molecule has 3 rings (SSSR count). The lowest BCUT2D eigenvalue weighted by molar-refractivity contribution is 0.177. The van der Waals surface area contributed by atoms with Crippen LogP contribution < -0.4 is 0 Å². The summed E-state index contributed by atoms with van der Waals surface area (Å²) in [6.45, 7) is 13.6. The molecular weight excluding hydrogens is 244 g/mol. The molecule has 1 spiro atoms. The molecule has 1 fully saturated rings. The Balaban J connectivity index is 2.23. The Bertz CT molecular complexity index is 513. The first-order valence-corrected chi connectivity index (χ1v) is 8.10. The number of benzene rings is 1. The summed E-state index contributed by atoms with van der Waals surface area (Å²) in [5, 5.41) is 0. The van der Waals surface area contributed by atoms with Gasteiger partial charge in [0.05, 0.1) is 6.61 Å². The highest BCUT2D eigenvalue weighted by Gasteiger charge is 2.45. The molecule has 0 radical (unpaired) electrons. The van der Waals surface area contributed by atoms with Crippen molar-refractivity contribution in [2.75, 3.05) is 13.2 Å². The van der Waals surface area contributed by atoms with Gasteiger partial charge in [-0.05, 0) is 52.8 Å². The smallest absolute Gasteiger partial charge is 0.0564 e. The van der Waals surface area contributed by atoms with Gasteiger partial charge in [-0.25, -0.2) is 0 Å². The van der Waals surface area contributed by atoms with E-state index in [-0.39, 0.29) is 5.41 Å². The molecule has 1 nitrogen and oxygen atoms in total. The Kier molecular flexibility index (Phi) is 3.25. The Hall–Kier alpha value is -0.820. The van der Waals surface area contributed by atoms with E-state index in [1.165, 1.54) is 19.3 Å². The molecule has 20 heavy (non-hydrogen) atoms. The highest BCUT2D eigenvalue weighted by Crippen LogP contribution is 2.50. The van der Waals surface area contributed by atoms with E-state index in [1.54, 1.807) is 22.3 Å². The quantitative estimate of drug-likeness (QED) is 0.719. The Morgan fingerprint density at radius 1 is 1.15 bits per heavy atom. The molecule has 1 unspecified atom stereocenters. The monoisotopic (exact) mass is 272 g/mol. The fraction of sp³-hybridized carbons (Fsp3) is 0.684. The number of ether oxygens (including phenoxy) is 1. The van der Waals surface area contributed by atoms with Crippen molar-refractivity contribution in [3.05, 3.63) is 34.4 Å². The third-order valence-electron chi connectivity index (χ3n) is 5.26. The molecule has 2 aliphatic rings. The second-order valence-electron chi connectivity index (χ2n) is 8.04. The van der Waals surface area contributed by atoms with Gasteiger partial charge >= 0.3 is 0 Å². The van der Waals surface area contributed by atoms with Crippen LogP contribution >= 0.6 is 0 Å². The minimum atomic E-state index is 0.241. The van der Waals surface area contributed by atoms with Crippen LogP contribution in [-0.2, 0) is 22.0 Å². The van der Waals surface area contributed by atoms with Crippen molar-refractivity contribution in [3.8, 4) is 0 Å². The van der Waals surface area contributed by atoms with Crippen molar-refractivity contribution < 1.29 is 4.74 Å². The van der Waals surface area contributed by atoms with Gasteiger partial charge < -0.3 is 4.74 Å². The van der Waals surface area contributed by atoms with Crippen LogP contribution in [0.3, 0.4) is 0 Å². The molecule has 110 valence electrons. The van der Waals surface area contributed by atoms with E-state index in [2.05, 4.69) is 46.8 Å². The van der Waals surface area contributed by atoms with Crippen LogP contribution in [0.15, 0.2) is 12.1 Å². The number of fused-ring (bicyclic) bond motifs is 2. The van der Waals surface area contributed by atoms with Gasteiger partial charge in [-0.15, -0.1) is 0 Å². The van der Waals surface area contributed by atoms with Crippen molar-refractivity contribution in [2.45, 2.75) is 70.6 Å². The molecule has 1 aromatic carbocycles. The van der Waals surface area contributed by atoms with Crippen LogP contribution in [0.2, 0.25) is 0 Å². The van der Waals surface area contributed by atoms with Crippen LogP contribution in [0.1, 0.15) is 75.6 Å². The van der Waals surface area contributed by atoms with Gasteiger partial charge in [0.1, 0.15) is 0 Å². The van der Waals surface area contributed by atoms with Gasteiger partial charge in [0.2, 0.25) is 0 Å². The van der Waals surface area contributed by atoms with E-state index in [0.29, 0.717) is 11.3 Å². The standard InChI is InChI=1S/C19H28O/c1-13(2)14-6-7-16(18(3,4)5)15-8-9-19(17(14)15)10-11-20-12-19/h6-7,13H,8-12H2,1-5H3. The fourth-order valence-corrected chi connectivity index (χ4v) is 4.23. The number of hydrogen-bond acceptors (Lipinski definition) is 1.